The van der Waals surface area contributed by atoms with Crippen LogP contribution in [0, 0.1) is 13.8 Å². The second kappa shape index (κ2) is 8.61. The van der Waals surface area contributed by atoms with Crippen molar-refractivity contribution in [1.82, 2.24) is 9.62 Å². The molecule has 1 atom stereocenters. The van der Waals surface area contributed by atoms with E-state index in [1.165, 1.54) is 4.90 Å². The normalized spacial score (nSPS) is 20.0. The Morgan fingerprint density at radius 3 is 2.42 bits per heavy atom. The molecule has 0 radical (unpaired) electrons. The fourth-order valence-corrected chi connectivity index (χ4v) is 4.69. The van der Waals surface area contributed by atoms with Crippen molar-refractivity contribution in [3.05, 3.63) is 64.2 Å². The molecule has 3 rings (SSSR count). The second-order valence-corrected chi connectivity index (χ2v) is 10.5. The van der Waals surface area contributed by atoms with E-state index in [4.69, 9.17) is 11.6 Å². The standard InChI is InChI=1S/C22H26ClN3O4S/c1-15-8-10-17(11-9-15)12-24-21(28)22(3)14-25(31(4,29)30)13-20(27)26(22)19-7-5-6-18(23)16(19)2/h5-11H,12-14H2,1-4H3,(H,24,28)/t22-/m1/s1. The predicted octanol–water partition coefficient (Wildman–Crippen LogP) is 2.64. The second-order valence-electron chi connectivity index (χ2n) is 8.09. The van der Waals surface area contributed by atoms with Gasteiger partial charge in [0.2, 0.25) is 21.8 Å². The predicted molar refractivity (Wildman–Crippen MR) is 122 cm³/mol. The van der Waals surface area contributed by atoms with E-state index >= 15 is 0 Å². The number of carbonyl (C=O) groups excluding carboxylic acids is 2. The number of rotatable bonds is 5. The Kier molecular flexibility index (Phi) is 6.45. The van der Waals surface area contributed by atoms with Crippen LogP contribution < -0.4 is 10.2 Å². The zero-order valence-corrected chi connectivity index (χ0v) is 19.5. The average molecular weight is 464 g/mol. The summed E-state index contributed by atoms with van der Waals surface area (Å²) >= 11 is 6.26. The van der Waals surface area contributed by atoms with Crippen molar-refractivity contribution in [2.75, 3.05) is 24.2 Å². The lowest BCUT2D eigenvalue weighted by Crippen LogP contribution is -2.70. The van der Waals surface area contributed by atoms with E-state index in [1.807, 2.05) is 31.2 Å². The van der Waals surface area contributed by atoms with Gasteiger partial charge in [0.1, 0.15) is 5.54 Å². The van der Waals surface area contributed by atoms with E-state index in [1.54, 1.807) is 32.0 Å². The molecule has 166 valence electrons. The Bertz CT molecular complexity index is 1120. The van der Waals surface area contributed by atoms with Crippen molar-refractivity contribution >= 4 is 39.1 Å². The van der Waals surface area contributed by atoms with Gasteiger partial charge in [0.05, 0.1) is 12.8 Å². The Morgan fingerprint density at radius 1 is 1.16 bits per heavy atom. The molecule has 1 saturated heterocycles. The Balaban J connectivity index is 1.99. The molecule has 7 nitrogen and oxygen atoms in total. The third-order valence-electron chi connectivity index (χ3n) is 5.55. The van der Waals surface area contributed by atoms with E-state index in [0.717, 1.165) is 21.7 Å². The van der Waals surface area contributed by atoms with Crippen molar-refractivity contribution in [1.29, 1.82) is 0 Å². The molecular weight excluding hydrogens is 438 g/mol. The van der Waals surface area contributed by atoms with Gasteiger partial charge >= 0.3 is 0 Å². The first kappa shape index (κ1) is 23.2. The van der Waals surface area contributed by atoms with Gasteiger partial charge in [0.25, 0.3) is 0 Å². The van der Waals surface area contributed by atoms with Gasteiger partial charge in [-0.25, -0.2) is 8.42 Å². The van der Waals surface area contributed by atoms with Crippen LogP contribution >= 0.6 is 11.6 Å². The number of benzene rings is 2. The highest BCUT2D eigenvalue weighted by molar-refractivity contribution is 7.88. The number of carbonyl (C=O) groups is 2. The minimum Gasteiger partial charge on any atom is -0.350 e. The number of anilines is 1. The molecule has 1 fully saturated rings. The number of nitrogens with one attached hydrogen (secondary N) is 1. The summed E-state index contributed by atoms with van der Waals surface area (Å²) in [6.07, 6.45) is 1.03. The molecule has 0 bridgehead atoms. The summed E-state index contributed by atoms with van der Waals surface area (Å²) in [6.45, 7) is 5.06. The molecule has 0 spiro atoms. The smallest absolute Gasteiger partial charge is 0.247 e. The zero-order chi connectivity index (χ0) is 23.0. The quantitative estimate of drug-likeness (QED) is 0.738. The van der Waals surface area contributed by atoms with E-state index in [9.17, 15) is 18.0 Å². The lowest BCUT2D eigenvalue weighted by molar-refractivity contribution is -0.133. The third kappa shape index (κ3) is 4.76. The molecule has 1 aliphatic rings. The van der Waals surface area contributed by atoms with Gasteiger partial charge in [0.15, 0.2) is 0 Å². The van der Waals surface area contributed by atoms with Gasteiger partial charge in [-0.05, 0) is 44.0 Å². The fourth-order valence-electron chi connectivity index (χ4n) is 3.69. The van der Waals surface area contributed by atoms with Crippen LogP contribution in [-0.4, -0.2) is 49.4 Å². The van der Waals surface area contributed by atoms with Crippen LogP contribution in [0.5, 0.6) is 0 Å². The van der Waals surface area contributed by atoms with E-state index in [0.29, 0.717) is 16.3 Å². The number of hydrogen-bond donors (Lipinski definition) is 1. The van der Waals surface area contributed by atoms with E-state index in [2.05, 4.69) is 5.32 Å². The zero-order valence-electron chi connectivity index (χ0n) is 18.0. The molecular formula is C22H26ClN3O4S. The fraction of sp³-hybridized carbons (Fsp3) is 0.364. The molecule has 0 aromatic heterocycles. The van der Waals surface area contributed by atoms with Crippen molar-refractivity contribution in [2.45, 2.75) is 32.9 Å². The van der Waals surface area contributed by atoms with Crippen LogP contribution in [-0.2, 0) is 26.2 Å². The molecule has 2 aromatic carbocycles. The minimum absolute atomic E-state index is 0.163. The summed E-state index contributed by atoms with van der Waals surface area (Å²) < 4.78 is 25.5. The van der Waals surface area contributed by atoms with Crippen LogP contribution in [0.15, 0.2) is 42.5 Å². The Labute approximate surface area is 188 Å². The maximum absolute atomic E-state index is 13.4. The number of amides is 2. The van der Waals surface area contributed by atoms with Crippen LogP contribution in [0.1, 0.15) is 23.6 Å². The first-order chi connectivity index (χ1) is 14.4. The van der Waals surface area contributed by atoms with Gasteiger partial charge in [-0.15, -0.1) is 0 Å². The van der Waals surface area contributed by atoms with Crippen LogP contribution in [0.3, 0.4) is 0 Å². The van der Waals surface area contributed by atoms with Gasteiger partial charge in [-0.2, -0.15) is 4.31 Å². The van der Waals surface area contributed by atoms with Gasteiger partial charge < -0.3 is 5.32 Å². The third-order valence-corrected chi connectivity index (χ3v) is 7.16. The lowest BCUT2D eigenvalue weighted by atomic mass is 9.93. The van der Waals surface area contributed by atoms with Crippen LogP contribution in [0.2, 0.25) is 5.02 Å². The summed E-state index contributed by atoms with van der Waals surface area (Å²) in [5, 5.41) is 3.32. The Hall–Kier alpha value is -2.42. The summed E-state index contributed by atoms with van der Waals surface area (Å²) in [6, 6.07) is 12.8. The largest absolute Gasteiger partial charge is 0.350 e. The number of sulfonamides is 1. The number of piperazine rings is 1. The monoisotopic (exact) mass is 463 g/mol. The molecule has 0 saturated carbocycles. The number of nitrogens with zero attached hydrogens (tertiary/aromatic N) is 2. The number of hydrogen-bond acceptors (Lipinski definition) is 4. The van der Waals surface area contributed by atoms with E-state index in [-0.39, 0.29) is 19.6 Å². The molecule has 1 heterocycles. The summed E-state index contributed by atoms with van der Waals surface area (Å²) in [4.78, 5) is 27.9. The van der Waals surface area contributed by atoms with Crippen LogP contribution in [0.25, 0.3) is 0 Å². The molecule has 2 aromatic rings. The van der Waals surface area contributed by atoms with Crippen molar-refractivity contribution in [2.24, 2.45) is 0 Å². The first-order valence-corrected chi connectivity index (χ1v) is 12.0. The van der Waals surface area contributed by atoms with Crippen LogP contribution in [0.4, 0.5) is 5.69 Å². The first-order valence-electron chi connectivity index (χ1n) is 9.80. The highest BCUT2D eigenvalue weighted by Crippen LogP contribution is 2.35. The molecule has 31 heavy (non-hydrogen) atoms. The van der Waals surface area contributed by atoms with Gasteiger partial charge in [-0.3, -0.25) is 14.5 Å². The molecule has 1 N–H and O–H groups in total. The number of halogens is 1. The van der Waals surface area contributed by atoms with Crippen molar-refractivity contribution in [3.63, 3.8) is 0 Å². The summed E-state index contributed by atoms with van der Waals surface area (Å²) in [5.41, 5.74) is 1.67. The highest BCUT2D eigenvalue weighted by atomic mass is 35.5. The molecule has 1 aliphatic heterocycles. The molecule has 0 unspecified atom stereocenters. The van der Waals surface area contributed by atoms with Crippen molar-refractivity contribution in [3.8, 4) is 0 Å². The molecule has 2 amide bonds. The van der Waals surface area contributed by atoms with Gasteiger partial charge in [-0.1, -0.05) is 47.5 Å². The average Bonchev–Trinajstić information content (AvgIpc) is 2.69. The Morgan fingerprint density at radius 2 is 1.81 bits per heavy atom. The number of aryl methyl sites for hydroxylation is 1. The summed E-state index contributed by atoms with van der Waals surface area (Å²) in [5.74, 6) is -0.941. The van der Waals surface area contributed by atoms with Gasteiger partial charge in [0, 0.05) is 23.8 Å². The highest BCUT2D eigenvalue weighted by Gasteiger charge is 2.50. The maximum Gasteiger partial charge on any atom is 0.247 e. The topological polar surface area (TPSA) is 86.8 Å². The molecule has 0 aliphatic carbocycles. The van der Waals surface area contributed by atoms with Crippen molar-refractivity contribution < 1.29 is 18.0 Å². The molecule has 9 heteroatoms. The maximum atomic E-state index is 13.4. The van der Waals surface area contributed by atoms with E-state index < -0.39 is 27.4 Å². The summed E-state index contributed by atoms with van der Waals surface area (Å²) in [7, 11) is -3.68. The minimum atomic E-state index is -3.68. The lowest BCUT2D eigenvalue weighted by Gasteiger charge is -2.47. The SMILES string of the molecule is Cc1ccc(CNC(=O)[C@@]2(C)CN(S(C)(=O)=O)CC(=O)N2c2cccc(Cl)c2C)cc1.